The molecule has 0 unspecified atom stereocenters. The standard InChI is InChI=1S/C19H18ClN3O3/c1-12(15-7-2-3-8-16(15)20)9-18(25)23-14-6-4-5-13(10-14)19(26)22-11-17(21)24/h2-10H,11H2,1H3,(H2,21,24)(H,22,26)(H,23,25). The maximum Gasteiger partial charge on any atom is 0.251 e. The van der Waals surface area contributed by atoms with E-state index < -0.39 is 11.8 Å². The predicted molar refractivity (Wildman–Crippen MR) is 102 cm³/mol. The van der Waals surface area contributed by atoms with E-state index in [0.717, 1.165) is 5.56 Å². The van der Waals surface area contributed by atoms with E-state index >= 15 is 0 Å². The van der Waals surface area contributed by atoms with Crippen molar-refractivity contribution < 1.29 is 14.4 Å². The lowest BCUT2D eigenvalue weighted by molar-refractivity contribution is -0.117. The van der Waals surface area contributed by atoms with Gasteiger partial charge in [0.25, 0.3) is 5.91 Å². The zero-order valence-electron chi connectivity index (χ0n) is 14.1. The zero-order valence-corrected chi connectivity index (χ0v) is 14.8. The molecule has 2 aromatic carbocycles. The number of anilines is 1. The number of hydrogen-bond donors (Lipinski definition) is 3. The molecule has 0 fully saturated rings. The molecule has 2 aromatic rings. The minimum atomic E-state index is -0.636. The molecule has 2 rings (SSSR count). The molecule has 0 aromatic heterocycles. The van der Waals surface area contributed by atoms with Gasteiger partial charge >= 0.3 is 0 Å². The largest absolute Gasteiger partial charge is 0.368 e. The Morgan fingerprint density at radius 1 is 1.12 bits per heavy atom. The minimum Gasteiger partial charge on any atom is -0.368 e. The molecule has 0 atom stereocenters. The quantitative estimate of drug-likeness (QED) is 0.680. The van der Waals surface area contributed by atoms with Gasteiger partial charge in [-0.25, -0.2) is 0 Å². The van der Waals surface area contributed by atoms with Crippen molar-refractivity contribution in [3.8, 4) is 0 Å². The van der Waals surface area contributed by atoms with Crippen LogP contribution in [0.2, 0.25) is 5.02 Å². The number of primary amides is 1. The molecule has 0 saturated heterocycles. The minimum absolute atomic E-state index is 0.255. The van der Waals surface area contributed by atoms with Gasteiger partial charge in [-0.15, -0.1) is 0 Å². The number of amides is 3. The fourth-order valence-corrected chi connectivity index (χ4v) is 2.53. The molecule has 0 aliphatic heterocycles. The van der Waals surface area contributed by atoms with Crippen LogP contribution in [0.1, 0.15) is 22.8 Å². The molecule has 4 N–H and O–H groups in total. The van der Waals surface area contributed by atoms with Gasteiger partial charge in [0.1, 0.15) is 0 Å². The molecule has 0 aliphatic carbocycles. The monoisotopic (exact) mass is 371 g/mol. The van der Waals surface area contributed by atoms with Gasteiger partial charge in [-0.1, -0.05) is 35.9 Å². The summed E-state index contributed by atoms with van der Waals surface area (Å²) in [6.45, 7) is 1.53. The number of hydrogen-bond acceptors (Lipinski definition) is 3. The first-order valence-electron chi connectivity index (χ1n) is 7.77. The summed E-state index contributed by atoms with van der Waals surface area (Å²) in [6, 6.07) is 13.6. The van der Waals surface area contributed by atoms with Crippen molar-refractivity contribution in [3.05, 3.63) is 70.8 Å². The molecule has 6 nitrogen and oxygen atoms in total. The Balaban J connectivity index is 2.08. The lowest BCUT2D eigenvalue weighted by Gasteiger charge is -2.08. The lowest BCUT2D eigenvalue weighted by Crippen LogP contribution is -2.33. The molecule has 0 radical (unpaired) electrons. The fraction of sp³-hybridized carbons (Fsp3) is 0.105. The molecule has 0 heterocycles. The van der Waals surface area contributed by atoms with Crippen LogP contribution in [0.15, 0.2) is 54.6 Å². The van der Waals surface area contributed by atoms with Crippen molar-refractivity contribution in [2.75, 3.05) is 11.9 Å². The van der Waals surface area contributed by atoms with Gasteiger partial charge in [0, 0.05) is 22.3 Å². The Morgan fingerprint density at radius 2 is 1.85 bits per heavy atom. The SMILES string of the molecule is CC(=CC(=O)Nc1cccc(C(=O)NCC(N)=O)c1)c1ccccc1Cl. The van der Waals surface area contributed by atoms with Gasteiger partial charge < -0.3 is 16.4 Å². The summed E-state index contributed by atoms with van der Waals surface area (Å²) in [5.41, 5.74) is 7.22. The summed E-state index contributed by atoms with van der Waals surface area (Å²) in [5, 5.41) is 5.64. The second kappa shape index (κ2) is 8.82. The first-order valence-corrected chi connectivity index (χ1v) is 8.15. The highest BCUT2D eigenvalue weighted by Gasteiger charge is 2.09. The fourth-order valence-electron chi connectivity index (χ4n) is 2.24. The number of carbonyl (C=O) groups excluding carboxylic acids is 3. The van der Waals surface area contributed by atoms with Crippen molar-refractivity contribution in [2.45, 2.75) is 6.92 Å². The first kappa shape index (κ1) is 19.2. The van der Waals surface area contributed by atoms with Crippen LogP contribution in [0.4, 0.5) is 5.69 Å². The van der Waals surface area contributed by atoms with Crippen molar-refractivity contribution in [1.82, 2.24) is 5.32 Å². The van der Waals surface area contributed by atoms with E-state index in [9.17, 15) is 14.4 Å². The third-order valence-corrected chi connectivity index (χ3v) is 3.79. The van der Waals surface area contributed by atoms with Crippen LogP contribution in [0.25, 0.3) is 5.57 Å². The van der Waals surface area contributed by atoms with Gasteiger partial charge in [0.15, 0.2) is 0 Å². The molecule has 3 amide bonds. The molecule has 0 bridgehead atoms. The van der Waals surface area contributed by atoms with Crippen LogP contribution in [0, 0.1) is 0 Å². The Kier molecular flexibility index (Phi) is 6.52. The van der Waals surface area contributed by atoms with Gasteiger partial charge in [-0.3, -0.25) is 14.4 Å². The Labute approximate surface area is 156 Å². The second-order valence-electron chi connectivity index (χ2n) is 5.53. The molecule has 26 heavy (non-hydrogen) atoms. The highest BCUT2D eigenvalue weighted by Crippen LogP contribution is 2.23. The van der Waals surface area contributed by atoms with E-state index in [1.807, 2.05) is 18.2 Å². The van der Waals surface area contributed by atoms with Crippen molar-refractivity contribution in [2.24, 2.45) is 5.73 Å². The van der Waals surface area contributed by atoms with Crippen LogP contribution < -0.4 is 16.4 Å². The summed E-state index contributed by atoms with van der Waals surface area (Å²) >= 11 is 6.12. The summed E-state index contributed by atoms with van der Waals surface area (Å²) in [4.78, 5) is 34.9. The van der Waals surface area contributed by atoms with E-state index in [-0.39, 0.29) is 12.5 Å². The van der Waals surface area contributed by atoms with Crippen molar-refractivity contribution in [1.29, 1.82) is 0 Å². The van der Waals surface area contributed by atoms with Gasteiger partial charge in [0.2, 0.25) is 11.8 Å². The third-order valence-electron chi connectivity index (χ3n) is 3.46. The van der Waals surface area contributed by atoms with Gasteiger partial charge in [0.05, 0.1) is 6.54 Å². The van der Waals surface area contributed by atoms with E-state index in [2.05, 4.69) is 10.6 Å². The van der Waals surface area contributed by atoms with E-state index in [0.29, 0.717) is 21.8 Å². The van der Waals surface area contributed by atoms with Gasteiger partial charge in [-0.2, -0.15) is 0 Å². The topological polar surface area (TPSA) is 101 Å². The number of benzene rings is 2. The maximum absolute atomic E-state index is 12.2. The average Bonchev–Trinajstić information content (AvgIpc) is 2.60. The Morgan fingerprint density at radius 3 is 2.54 bits per heavy atom. The molecular weight excluding hydrogens is 354 g/mol. The van der Waals surface area contributed by atoms with E-state index in [1.54, 1.807) is 31.2 Å². The molecule has 0 aliphatic rings. The summed E-state index contributed by atoms with van der Waals surface area (Å²) in [6.07, 6.45) is 1.43. The molecule has 134 valence electrons. The summed E-state index contributed by atoms with van der Waals surface area (Å²) in [7, 11) is 0. The number of allylic oxidation sites excluding steroid dienone is 1. The normalized spacial score (nSPS) is 10.9. The highest BCUT2D eigenvalue weighted by molar-refractivity contribution is 6.32. The molecular formula is C19H18ClN3O3. The molecule has 0 saturated carbocycles. The number of carbonyl (C=O) groups is 3. The van der Waals surface area contributed by atoms with E-state index in [4.69, 9.17) is 17.3 Å². The summed E-state index contributed by atoms with van der Waals surface area (Å²) < 4.78 is 0. The number of nitrogens with one attached hydrogen (secondary N) is 2. The smallest absolute Gasteiger partial charge is 0.251 e. The lowest BCUT2D eigenvalue weighted by atomic mass is 10.1. The van der Waals surface area contributed by atoms with Crippen LogP contribution >= 0.6 is 11.6 Å². The van der Waals surface area contributed by atoms with Crippen LogP contribution in [-0.2, 0) is 9.59 Å². The molecule has 0 spiro atoms. The van der Waals surface area contributed by atoms with Crippen molar-refractivity contribution >= 4 is 40.6 Å². The summed E-state index contributed by atoms with van der Waals surface area (Å²) in [5.74, 6) is -1.44. The Hall–Kier alpha value is -3.12. The predicted octanol–water partition coefficient (Wildman–Crippen LogP) is 2.60. The second-order valence-corrected chi connectivity index (χ2v) is 5.93. The van der Waals surface area contributed by atoms with Gasteiger partial charge in [-0.05, 0) is 42.3 Å². The van der Waals surface area contributed by atoms with E-state index in [1.165, 1.54) is 12.1 Å². The molecule has 7 heteroatoms. The van der Waals surface area contributed by atoms with Crippen molar-refractivity contribution in [3.63, 3.8) is 0 Å². The average molecular weight is 372 g/mol. The first-order chi connectivity index (χ1) is 12.4. The third kappa shape index (κ3) is 5.46. The van der Waals surface area contributed by atoms with Crippen LogP contribution in [-0.4, -0.2) is 24.3 Å². The Bertz CT molecular complexity index is 878. The zero-order chi connectivity index (χ0) is 19.1. The maximum atomic E-state index is 12.2. The number of rotatable bonds is 6. The highest BCUT2D eigenvalue weighted by atomic mass is 35.5. The number of nitrogens with two attached hydrogens (primary N) is 1. The van der Waals surface area contributed by atoms with Crippen LogP contribution in [0.3, 0.4) is 0 Å². The number of halogens is 1. The van der Waals surface area contributed by atoms with Crippen LogP contribution in [0.5, 0.6) is 0 Å².